The van der Waals surface area contributed by atoms with Gasteiger partial charge in [0.15, 0.2) is 0 Å². The predicted molar refractivity (Wildman–Crippen MR) is 59.7 cm³/mol. The van der Waals surface area contributed by atoms with Crippen molar-refractivity contribution in [2.45, 2.75) is 45.8 Å². The van der Waals surface area contributed by atoms with Crippen LogP contribution in [0, 0.1) is 0 Å². The molecule has 0 saturated carbocycles. The molecule has 0 aromatic heterocycles. The van der Waals surface area contributed by atoms with Crippen molar-refractivity contribution in [3.05, 3.63) is 11.0 Å². The molecule has 2 rings (SSSR count). The van der Waals surface area contributed by atoms with Crippen LogP contribution in [0.3, 0.4) is 0 Å². The van der Waals surface area contributed by atoms with E-state index in [0.29, 0.717) is 5.57 Å². The van der Waals surface area contributed by atoms with E-state index < -0.39 is 7.12 Å². The molecule has 0 spiro atoms. The summed E-state index contributed by atoms with van der Waals surface area (Å²) in [5.41, 5.74) is 0.662. The Morgan fingerprint density at radius 3 is 2.00 bits per heavy atom. The van der Waals surface area contributed by atoms with Gasteiger partial charge in [-0.3, -0.25) is 0 Å². The van der Waals surface area contributed by atoms with Gasteiger partial charge >= 0.3 is 13.1 Å². The maximum absolute atomic E-state index is 11.3. The summed E-state index contributed by atoms with van der Waals surface area (Å²) >= 11 is 0. The van der Waals surface area contributed by atoms with Crippen LogP contribution in [0.1, 0.15) is 34.6 Å². The van der Waals surface area contributed by atoms with E-state index in [-0.39, 0.29) is 23.8 Å². The Morgan fingerprint density at radius 2 is 1.62 bits per heavy atom. The maximum atomic E-state index is 11.3. The van der Waals surface area contributed by atoms with Gasteiger partial charge in [-0.25, -0.2) is 4.79 Å². The van der Waals surface area contributed by atoms with E-state index in [1.54, 1.807) is 6.92 Å². The van der Waals surface area contributed by atoms with Crippen molar-refractivity contribution in [2.24, 2.45) is 0 Å². The molecule has 88 valence electrons. The highest BCUT2D eigenvalue weighted by Gasteiger charge is 2.53. The highest BCUT2D eigenvalue weighted by Crippen LogP contribution is 2.39. The minimum atomic E-state index is -0.462. The van der Waals surface area contributed by atoms with E-state index in [0.717, 1.165) is 5.47 Å². The summed E-state index contributed by atoms with van der Waals surface area (Å²) in [6.45, 7) is 9.97. The van der Waals surface area contributed by atoms with Crippen molar-refractivity contribution >= 4 is 13.1 Å². The molecule has 16 heavy (non-hydrogen) atoms. The third-order valence-electron chi connectivity index (χ3n) is 3.68. The lowest BCUT2D eigenvalue weighted by Gasteiger charge is -2.32. The largest absolute Gasteiger partial charge is 0.494 e. The first-order valence-electron chi connectivity index (χ1n) is 5.47. The molecule has 0 aromatic carbocycles. The Kier molecular flexibility index (Phi) is 2.44. The quantitative estimate of drug-likeness (QED) is 0.500. The third-order valence-corrected chi connectivity index (χ3v) is 3.68. The summed E-state index contributed by atoms with van der Waals surface area (Å²) < 4.78 is 16.7. The Balaban J connectivity index is 2.25. The summed E-state index contributed by atoms with van der Waals surface area (Å²) in [5, 5.41) is 0. The molecular formula is C11H17BO4. The lowest BCUT2D eigenvalue weighted by molar-refractivity contribution is -0.135. The first kappa shape index (κ1) is 11.7. The molecule has 1 fully saturated rings. The summed E-state index contributed by atoms with van der Waals surface area (Å²) in [5.74, 6) is -0.273. The van der Waals surface area contributed by atoms with Gasteiger partial charge in [0, 0.05) is 11.0 Å². The lowest BCUT2D eigenvalue weighted by atomic mass is 9.76. The summed E-state index contributed by atoms with van der Waals surface area (Å²) in [6.07, 6.45) is 0. The number of hydrogen-bond donors (Lipinski definition) is 0. The van der Waals surface area contributed by atoms with Crippen LogP contribution in [0.25, 0.3) is 0 Å². The number of hydrogen-bond acceptors (Lipinski definition) is 4. The van der Waals surface area contributed by atoms with Crippen LogP contribution in [-0.4, -0.2) is 30.9 Å². The average Bonchev–Trinajstić information content (AvgIpc) is 2.54. The summed E-state index contributed by atoms with van der Waals surface area (Å²) in [6, 6.07) is 0. The van der Waals surface area contributed by atoms with Crippen molar-refractivity contribution in [3.63, 3.8) is 0 Å². The van der Waals surface area contributed by atoms with Gasteiger partial charge in [0.25, 0.3) is 0 Å². The number of carbonyl (C=O) groups excluding carboxylic acids is 1. The smallest absolute Gasteiger partial charge is 0.458 e. The molecule has 0 radical (unpaired) electrons. The van der Waals surface area contributed by atoms with Gasteiger partial charge in [-0.2, -0.15) is 0 Å². The topological polar surface area (TPSA) is 44.8 Å². The molecule has 0 atom stereocenters. The van der Waals surface area contributed by atoms with Crippen LogP contribution in [0.5, 0.6) is 0 Å². The lowest BCUT2D eigenvalue weighted by Crippen LogP contribution is -2.41. The predicted octanol–water partition coefficient (Wildman–Crippen LogP) is 1.49. The highest BCUT2D eigenvalue weighted by molar-refractivity contribution is 6.56. The molecular weight excluding hydrogens is 207 g/mol. The Bertz CT molecular complexity index is 354. The first-order chi connectivity index (χ1) is 7.24. The van der Waals surface area contributed by atoms with Crippen LogP contribution in [0.4, 0.5) is 0 Å². The van der Waals surface area contributed by atoms with E-state index in [1.165, 1.54) is 0 Å². The van der Waals surface area contributed by atoms with Crippen molar-refractivity contribution in [3.8, 4) is 0 Å². The minimum Gasteiger partial charge on any atom is -0.458 e. The van der Waals surface area contributed by atoms with Gasteiger partial charge in [0.1, 0.15) is 6.61 Å². The fourth-order valence-electron chi connectivity index (χ4n) is 1.72. The maximum Gasteiger partial charge on any atom is 0.494 e. The second kappa shape index (κ2) is 3.34. The molecule has 0 aromatic rings. The van der Waals surface area contributed by atoms with Crippen molar-refractivity contribution in [1.29, 1.82) is 0 Å². The molecule has 2 aliphatic rings. The normalized spacial score (nSPS) is 27.6. The minimum absolute atomic E-state index is 0.273. The zero-order valence-corrected chi connectivity index (χ0v) is 10.4. The first-order valence-corrected chi connectivity index (χ1v) is 5.47. The standard InChI is InChI=1S/C11H17BO4/c1-7-8(6-14-9(7)13)12-15-10(2,3)11(4,5)16-12/h6H2,1-5H3. The Morgan fingerprint density at radius 1 is 1.12 bits per heavy atom. The molecule has 1 saturated heterocycles. The fourth-order valence-corrected chi connectivity index (χ4v) is 1.72. The molecule has 0 bridgehead atoms. The van der Waals surface area contributed by atoms with E-state index in [9.17, 15) is 4.79 Å². The molecule has 4 nitrogen and oxygen atoms in total. The SMILES string of the molecule is CC1=C(B2OC(C)(C)C(C)(C)O2)COC1=O. The van der Waals surface area contributed by atoms with Crippen LogP contribution < -0.4 is 0 Å². The van der Waals surface area contributed by atoms with Crippen LogP contribution >= 0.6 is 0 Å². The fraction of sp³-hybridized carbons (Fsp3) is 0.727. The highest BCUT2D eigenvalue weighted by atomic mass is 16.7. The molecule has 0 unspecified atom stereocenters. The van der Waals surface area contributed by atoms with Gasteiger partial charge in [-0.1, -0.05) is 0 Å². The molecule has 5 heteroatoms. The van der Waals surface area contributed by atoms with Crippen molar-refractivity contribution in [2.75, 3.05) is 6.61 Å². The number of ether oxygens (including phenoxy) is 1. The van der Waals surface area contributed by atoms with Crippen LogP contribution in [0.15, 0.2) is 11.0 Å². The van der Waals surface area contributed by atoms with Gasteiger partial charge in [0.05, 0.1) is 11.2 Å². The van der Waals surface area contributed by atoms with E-state index >= 15 is 0 Å². The number of rotatable bonds is 1. The second-order valence-electron chi connectivity index (χ2n) is 5.31. The third kappa shape index (κ3) is 1.58. The van der Waals surface area contributed by atoms with E-state index in [4.69, 9.17) is 14.0 Å². The summed E-state index contributed by atoms with van der Waals surface area (Å²) in [7, 11) is -0.462. The van der Waals surface area contributed by atoms with Crippen LogP contribution in [-0.2, 0) is 18.8 Å². The van der Waals surface area contributed by atoms with Gasteiger partial charge in [-0.05, 0) is 34.6 Å². The van der Waals surface area contributed by atoms with E-state index in [2.05, 4.69) is 0 Å². The molecule has 2 aliphatic heterocycles. The Hall–Kier alpha value is -0.805. The van der Waals surface area contributed by atoms with Gasteiger partial charge < -0.3 is 14.0 Å². The molecule has 0 aliphatic carbocycles. The average molecular weight is 224 g/mol. The molecule has 0 N–H and O–H groups in total. The zero-order chi connectivity index (χ0) is 12.1. The van der Waals surface area contributed by atoms with Crippen LogP contribution in [0.2, 0.25) is 0 Å². The van der Waals surface area contributed by atoms with Gasteiger partial charge in [-0.15, -0.1) is 0 Å². The zero-order valence-electron chi connectivity index (χ0n) is 10.4. The molecule has 0 amide bonds. The number of esters is 1. The van der Waals surface area contributed by atoms with Gasteiger partial charge in [0.2, 0.25) is 0 Å². The Labute approximate surface area is 96.1 Å². The van der Waals surface area contributed by atoms with Crippen molar-refractivity contribution in [1.82, 2.24) is 0 Å². The number of carbonyl (C=O) groups is 1. The monoisotopic (exact) mass is 224 g/mol. The second-order valence-corrected chi connectivity index (χ2v) is 5.31. The summed E-state index contributed by atoms with van der Waals surface area (Å²) in [4.78, 5) is 11.3. The van der Waals surface area contributed by atoms with Crippen molar-refractivity contribution < 1.29 is 18.8 Å². The number of cyclic esters (lactones) is 1. The molecule has 2 heterocycles. The van der Waals surface area contributed by atoms with E-state index in [1.807, 2.05) is 27.7 Å².